The second-order valence-corrected chi connectivity index (χ2v) is 6.46. The highest BCUT2D eigenvalue weighted by atomic mass is 79.9. The molecule has 1 heterocycles. The third kappa shape index (κ3) is 5.14. The Morgan fingerprint density at radius 1 is 1.19 bits per heavy atom. The van der Waals surface area contributed by atoms with Crippen molar-refractivity contribution in [1.82, 2.24) is 10.3 Å². The molecular weight excluding hydrogens is 326 g/mol. The van der Waals surface area contributed by atoms with E-state index in [-0.39, 0.29) is 0 Å². The molecule has 0 saturated heterocycles. The van der Waals surface area contributed by atoms with Crippen molar-refractivity contribution < 1.29 is 0 Å². The Morgan fingerprint density at radius 3 is 2.62 bits per heavy atom. The highest BCUT2D eigenvalue weighted by Crippen LogP contribution is 2.16. The van der Waals surface area contributed by atoms with Gasteiger partial charge in [-0.25, -0.2) is 4.98 Å². The van der Waals surface area contributed by atoms with Crippen LogP contribution in [0.2, 0.25) is 0 Å². The van der Waals surface area contributed by atoms with Crippen LogP contribution in [0.1, 0.15) is 25.0 Å². The van der Waals surface area contributed by atoms with Gasteiger partial charge in [0.25, 0.3) is 0 Å². The summed E-state index contributed by atoms with van der Waals surface area (Å²) in [5.74, 6) is 0.989. The fourth-order valence-electron chi connectivity index (χ4n) is 2.06. The Kier molecular flexibility index (Phi) is 5.76. The van der Waals surface area contributed by atoms with Gasteiger partial charge in [0, 0.05) is 36.8 Å². The maximum Gasteiger partial charge on any atom is 0.128 e. The minimum Gasteiger partial charge on any atom is -0.355 e. The van der Waals surface area contributed by atoms with Crippen LogP contribution in [-0.4, -0.2) is 18.1 Å². The molecule has 0 amide bonds. The molecular formula is C17H22BrN3. The largest absolute Gasteiger partial charge is 0.355 e. The smallest absolute Gasteiger partial charge is 0.128 e. The van der Waals surface area contributed by atoms with Crippen LogP contribution in [0.5, 0.6) is 0 Å². The van der Waals surface area contributed by atoms with Crippen molar-refractivity contribution in [1.29, 1.82) is 0 Å². The zero-order valence-electron chi connectivity index (χ0n) is 12.8. The second-order valence-electron chi connectivity index (χ2n) is 5.55. The number of pyridine rings is 1. The lowest BCUT2D eigenvalue weighted by Crippen LogP contribution is -2.22. The van der Waals surface area contributed by atoms with Crippen molar-refractivity contribution in [3.63, 3.8) is 0 Å². The Balaban J connectivity index is 1.97. The maximum atomic E-state index is 4.55. The molecule has 3 nitrogen and oxygen atoms in total. The summed E-state index contributed by atoms with van der Waals surface area (Å²) < 4.78 is 1.11. The lowest BCUT2D eigenvalue weighted by molar-refractivity contribution is 0.588. The van der Waals surface area contributed by atoms with Crippen LogP contribution in [0.3, 0.4) is 0 Å². The van der Waals surface area contributed by atoms with Gasteiger partial charge in [-0.15, -0.1) is 0 Å². The molecule has 4 heteroatoms. The predicted molar refractivity (Wildman–Crippen MR) is 92.5 cm³/mol. The summed E-state index contributed by atoms with van der Waals surface area (Å²) in [5, 5.41) is 3.40. The third-order valence-corrected chi connectivity index (χ3v) is 3.72. The molecule has 2 rings (SSSR count). The molecule has 21 heavy (non-hydrogen) atoms. The van der Waals surface area contributed by atoms with Gasteiger partial charge in [-0.1, -0.05) is 48.0 Å². The fourth-order valence-corrected chi connectivity index (χ4v) is 2.51. The predicted octanol–water partition coefficient (Wildman–Crippen LogP) is 3.98. The van der Waals surface area contributed by atoms with Crippen molar-refractivity contribution in [2.75, 3.05) is 11.9 Å². The highest BCUT2D eigenvalue weighted by Gasteiger charge is 2.04. The first-order valence-corrected chi connectivity index (χ1v) is 7.98. The number of aromatic nitrogens is 1. The zero-order valence-corrected chi connectivity index (χ0v) is 14.4. The van der Waals surface area contributed by atoms with Gasteiger partial charge in [0.05, 0.1) is 0 Å². The molecule has 0 unspecified atom stereocenters. The summed E-state index contributed by atoms with van der Waals surface area (Å²) in [5.41, 5.74) is 2.47. The van der Waals surface area contributed by atoms with Crippen LogP contribution < -0.4 is 10.2 Å². The molecule has 1 aromatic heterocycles. The number of rotatable bonds is 6. The van der Waals surface area contributed by atoms with E-state index in [0.717, 1.165) is 23.4 Å². The van der Waals surface area contributed by atoms with Gasteiger partial charge in [0.1, 0.15) is 5.82 Å². The molecule has 0 aliphatic heterocycles. The van der Waals surface area contributed by atoms with Crippen LogP contribution in [0.4, 0.5) is 5.82 Å². The monoisotopic (exact) mass is 347 g/mol. The van der Waals surface area contributed by atoms with Gasteiger partial charge in [-0.2, -0.15) is 0 Å². The Labute approximate surface area is 135 Å². The standard InChI is InChI=1S/C17H22BrN3/c1-13(2)19-10-15-7-8-17(20-11-15)21(3)12-14-5-4-6-16(18)9-14/h4-9,11,13,19H,10,12H2,1-3H3. The SMILES string of the molecule is CC(C)NCc1ccc(N(C)Cc2cccc(Br)c2)nc1. The van der Waals surface area contributed by atoms with E-state index in [9.17, 15) is 0 Å². The normalized spacial score (nSPS) is 10.9. The summed E-state index contributed by atoms with van der Waals surface area (Å²) in [4.78, 5) is 6.70. The van der Waals surface area contributed by atoms with Gasteiger partial charge in [-0.3, -0.25) is 0 Å². The van der Waals surface area contributed by atoms with Crippen molar-refractivity contribution in [2.24, 2.45) is 0 Å². The quantitative estimate of drug-likeness (QED) is 0.856. The van der Waals surface area contributed by atoms with Gasteiger partial charge in [0.2, 0.25) is 0 Å². The topological polar surface area (TPSA) is 28.2 Å². The van der Waals surface area contributed by atoms with Crippen LogP contribution >= 0.6 is 15.9 Å². The van der Waals surface area contributed by atoms with Crippen molar-refractivity contribution >= 4 is 21.7 Å². The molecule has 0 atom stereocenters. The summed E-state index contributed by atoms with van der Waals surface area (Å²) in [6.07, 6.45) is 1.95. The maximum absolute atomic E-state index is 4.55. The average Bonchev–Trinajstić information content (AvgIpc) is 2.45. The van der Waals surface area contributed by atoms with Crippen LogP contribution in [0.15, 0.2) is 47.1 Å². The lowest BCUT2D eigenvalue weighted by Gasteiger charge is -2.19. The molecule has 0 fully saturated rings. The average molecular weight is 348 g/mol. The van der Waals surface area contributed by atoms with E-state index in [2.05, 4.69) is 82.4 Å². The summed E-state index contributed by atoms with van der Waals surface area (Å²) in [7, 11) is 2.06. The molecule has 0 saturated carbocycles. The number of nitrogens with one attached hydrogen (secondary N) is 1. The second kappa shape index (κ2) is 7.57. The first-order valence-electron chi connectivity index (χ1n) is 7.18. The Bertz CT molecular complexity index is 567. The number of halogens is 1. The zero-order chi connectivity index (χ0) is 15.2. The first kappa shape index (κ1) is 16.0. The number of nitrogens with zero attached hydrogens (tertiary/aromatic N) is 2. The fraction of sp³-hybridized carbons (Fsp3) is 0.353. The highest BCUT2D eigenvalue weighted by molar-refractivity contribution is 9.10. The van der Waals surface area contributed by atoms with E-state index in [0.29, 0.717) is 6.04 Å². The molecule has 112 valence electrons. The van der Waals surface area contributed by atoms with E-state index in [1.54, 1.807) is 0 Å². The van der Waals surface area contributed by atoms with E-state index in [1.807, 2.05) is 12.3 Å². The Hall–Kier alpha value is -1.39. The number of hydrogen-bond acceptors (Lipinski definition) is 3. The summed E-state index contributed by atoms with van der Waals surface area (Å²) in [6, 6.07) is 13.1. The van der Waals surface area contributed by atoms with Gasteiger partial charge in [0.15, 0.2) is 0 Å². The molecule has 1 aromatic carbocycles. The molecule has 2 aromatic rings. The van der Waals surface area contributed by atoms with Gasteiger partial charge >= 0.3 is 0 Å². The Morgan fingerprint density at radius 2 is 2.00 bits per heavy atom. The van der Waals surface area contributed by atoms with E-state index in [1.165, 1.54) is 11.1 Å². The molecule has 0 aliphatic rings. The van der Waals surface area contributed by atoms with E-state index >= 15 is 0 Å². The number of benzene rings is 1. The van der Waals surface area contributed by atoms with Crippen LogP contribution in [-0.2, 0) is 13.1 Å². The molecule has 0 bridgehead atoms. The van der Waals surface area contributed by atoms with Crippen LogP contribution in [0, 0.1) is 0 Å². The van der Waals surface area contributed by atoms with Gasteiger partial charge < -0.3 is 10.2 Å². The van der Waals surface area contributed by atoms with Crippen molar-refractivity contribution in [3.05, 3.63) is 58.2 Å². The first-order chi connectivity index (χ1) is 10.0. The summed E-state index contributed by atoms with van der Waals surface area (Å²) >= 11 is 3.51. The molecule has 0 spiro atoms. The van der Waals surface area contributed by atoms with Gasteiger partial charge in [-0.05, 0) is 29.3 Å². The minimum absolute atomic E-state index is 0.490. The van der Waals surface area contributed by atoms with Crippen molar-refractivity contribution in [2.45, 2.75) is 33.0 Å². The number of hydrogen-bond donors (Lipinski definition) is 1. The van der Waals surface area contributed by atoms with E-state index < -0.39 is 0 Å². The molecule has 0 radical (unpaired) electrons. The summed E-state index contributed by atoms with van der Waals surface area (Å²) in [6.45, 7) is 6.00. The lowest BCUT2D eigenvalue weighted by atomic mass is 10.2. The van der Waals surface area contributed by atoms with Crippen LogP contribution in [0.25, 0.3) is 0 Å². The molecule has 0 aliphatic carbocycles. The third-order valence-electron chi connectivity index (χ3n) is 3.22. The minimum atomic E-state index is 0.490. The van der Waals surface area contributed by atoms with E-state index in [4.69, 9.17) is 0 Å². The van der Waals surface area contributed by atoms with Crippen molar-refractivity contribution in [3.8, 4) is 0 Å². The molecule has 1 N–H and O–H groups in total. The number of anilines is 1.